The molecule has 3 N–H and O–H groups in total. The van der Waals surface area contributed by atoms with Gasteiger partial charge < -0.3 is 16.0 Å². The maximum absolute atomic E-state index is 12.9. The Balaban J connectivity index is 1.58. The number of rotatable bonds is 7. The van der Waals surface area contributed by atoms with E-state index in [9.17, 15) is 13.2 Å². The van der Waals surface area contributed by atoms with E-state index in [2.05, 4.69) is 16.0 Å². The molecule has 0 saturated carbocycles. The van der Waals surface area contributed by atoms with Crippen molar-refractivity contribution in [1.82, 2.24) is 14.9 Å². The van der Waals surface area contributed by atoms with Gasteiger partial charge in [0, 0.05) is 43.5 Å². The van der Waals surface area contributed by atoms with Gasteiger partial charge in [0.25, 0.3) is 5.91 Å². The molecule has 1 aromatic carbocycles. The largest absolute Gasteiger partial charge is 0.380 e. The average molecular weight is 409 g/mol. The van der Waals surface area contributed by atoms with Gasteiger partial charge in [-0.15, -0.1) is 0 Å². The Morgan fingerprint density at radius 3 is 2.54 bits per heavy atom. The molecule has 8 heteroatoms. The quantitative estimate of drug-likeness (QED) is 0.637. The molecule has 2 heterocycles. The Kier molecular flexibility index (Phi) is 6.62. The SMILES string of the molecule is CCS(=O)(=O)N1CCC(C(C)NC(=O)c2cc(NC3CNC3)ccc2C)CC1. The van der Waals surface area contributed by atoms with Gasteiger partial charge in [-0.1, -0.05) is 6.07 Å². The van der Waals surface area contributed by atoms with Crippen LogP contribution in [0, 0.1) is 12.8 Å². The molecule has 2 aliphatic rings. The van der Waals surface area contributed by atoms with Gasteiger partial charge in [-0.05, 0) is 57.2 Å². The van der Waals surface area contributed by atoms with Crippen LogP contribution in [-0.4, -0.2) is 62.6 Å². The molecule has 7 nitrogen and oxygen atoms in total. The molecule has 2 aliphatic heterocycles. The first-order valence-corrected chi connectivity index (χ1v) is 11.8. The third-order valence-corrected chi connectivity index (χ3v) is 7.84. The molecular weight excluding hydrogens is 376 g/mol. The van der Waals surface area contributed by atoms with E-state index in [0.717, 1.165) is 37.2 Å². The van der Waals surface area contributed by atoms with Crippen molar-refractivity contribution in [3.63, 3.8) is 0 Å². The van der Waals surface area contributed by atoms with Crippen molar-refractivity contribution in [2.45, 2.75) is 45.7 Å². The van der Waals surface area contributed by atoms with Crippen LogP contribution in [0.25, 0.3) is 0 Å². The van der Waals surface area contributed by atoms with E-state index >= 15 is 0 Å². The fraction of sp³-hybridized carbons (Fsp3) is 0.650. The summed E-state index contributed by atoms with van der Waals surface area (Å²) in [6, 6.07) is 6.33. The summed E-state index contributed by atoms with van der Waals surface area (Å²) in [6.07, 6.45) is 1.55. The number of carbonyl (C=O) groups excluding carboxylic acids is 1. The molecule has 1 aromatic rings. The molecule has 2 fully saturated rings. The standard InChI is InChI=1S/C20H32N4O3S/c1-4-28(26,27)24-9-7-16(8-10-24)15(3)22-20(25)19-11-17(6-5-14(19)2)23-18-12-21-13-18/h5-6,11,15-16,18,21,23H,4,7-10,12-13H2,1-3H3,(H,22,25). The van der Waals surface area contributed by atoms with E-state index in [4.69, 9.17) is 0 Å². The van der Waals surface area contributed by atoms with Crippen LogP contribution < -0.4 is 16.0 Å². The highest BCUT2D eigenvalue weighted by Crippen LogP contribution is 2.24. The molecule has 28 heavy (non-hydrogen) atoms. The van der Waals surface area contributed by atoms with Crippen LogP contribution in [0.3, 0.4) is 0 Å². The van der Waals surface area contributed by atoms with Gasteiger partial charge in [0.05, 0.1) is 11.8 Å². The maximum atomic E-state index is 12.9. The van der Waals surface area contributed by atoms with Gasteiger partial charge in [-0.25, -0.2) is 12.7 Å². The van der Waals surface area contributed by atoms with E-state index in [1.807, 2.05) is 32.0 Å². The highest BCUT2D eigenvalue weighted by atomic mass is 32.2. The number of piperidine rings is 1. The number of aryl methyl sites for hydroxylation is 1. The van der Waals surface area contributed by atoms with Gasteiger partial charge in [0.1, 0.15) is 0 Å². The topological polar surface area (TPSA) is 90.5 Å². The molecule has 0 aromatic heterocycles. The lowest BCUT2D eigenvalue weighted by Crippen LogP contribution is -2.51. The van der Waals surface area contributed by atoms with E-state index in [-0.39, 0.29) is 23.6 Å². The minimum atomic E-state index is -3.12. The highest BCUT2D eigenvalue weighted by Gasteiger charge is 2.30. The van der Waals surface area contributed by atoms with Crippen LogP contribution in [0.2, 0.25) is 0 Å². The number of benzene rings is 1. The van der Waals surface area contributed by atoms with E-state index < -0.39 is 10.0 Å². The lowest BCUT2D eigenvalue weighted by atomic mass is 9.91. The second-order valence-corrected chi connectivity index (χ2v) is 10.2. The van der Waals surface area contributed by atoms with E-state index in [1.165, 1.54) is 0 Å². The third kappa shape index (κ3) is 4.85. The number of nitrogens with one attached hydrogen (secondary N) is 3. The normalized spacial score (nSPS) is 20.4. The zero-order valence-electron chi connectivity index (χ0n) is 17.0. The van der Waals surface area contributed by atoms with E-state index in [1.54, 1.807) is 11.2 Å². The Hall–Kier alpha value is -1.64. The Labute approximate surface area is 168 Å². The number of carbonyl (C=O) groups is 1. The van der Waals surface area contributed by atoms with Crippen LogP contribution in [0.1, 0.15) is 42.6 Å². The Morgan fingerprint density at radius 2 is 1.96 bits per heavy atom. The van der Waals surface area contributed by atoms with E-state index in [0.29, 0.717) is 24.7 Å². The fourth-order valence-electron chi connectivity index (χ4n) is 3.82. The smallest absolute Gasteiger partial charge is 0.251 e. The molecule has 0 bridgehead atoms. The lowest BCUT2D eigenvalue weighted by molar-refractivity contribution is 0.0914. The summed E-state index contributed by atoms with van der Waals surface area (Å²) in [5, 5.41) is 9.80. The van der Waals surface area contributed by atoms with Gasteiger partial charge in [0.2, 0.25) is 10.0 Å². The van der Waals surface area contributed by atoms with Gasteiger partial charge in [0.15, 0.2) is 0 Å². The van der Waals surface area contributed by atoms with Crippen LogP contribution in [0.15, 0.2) is 18.2 Å². The summed E-state index contributed by atoms with van der Waals surface area (Å²) < 4.78 is 25.6. The molecular formula is C20H32N4O3S. The van der Waals surface area contributed by atoms with Crippen molar-refractivity contribution >= 4 is 21.6 Å². The van der Waals surface area contributed by atoms with Crippen LogP contribution in [0.5, 0.6) is 0 Å². The maximum Gasteiger partial charge on any atom is 0.251 e. The average Bonchev–Trinajstić information content (AvgIpc) is 2.65. The lowest BCUT2D eigenvalue weighted by Gasteiger charge is -2.34. The van der Waals surface area contributed by atoms with Crippen molar-refractivity contribution in [2.75, 3.05) is 37.2 Å². The molecule has 156 valence electrons. The van der Waals surface area contributed by atoms with Crippen molar-refractivity contribution in [1.29, 1.82) is 0 Å². The predicted octanol–water partition coefficient (Wildman–Crippen LogP) is 1.56. The monoisotopic (exact) mass is 408 g/mol. The molecule has 0 spiro atoms. The number of anilines is 1. The Morgan fingerprint density at radius 1 is 1.29 bits per heavy atom. The molecule has 0 radical (unpaired) electrons. The number of amides is 1. The van der Waals surface area contributed by atoms with Crippen molar-refractivity contribution in [2.24, 2.45) is 5.92 Å². The second kappa shape index (κ2) is 8.80. The minimum Gasteiger partial charge on any atom is -0.380 e. The summed E-state index contributed by atoms with van der Waals surface area (Å²) in [5.41, 5.74) is 2.61. The summed E-state index contributed by atoms with van der Waals surface area (Å²) in [7, 11) is -3.12. The van der Waals surface area contributed by atoms with Crippen LogP contribution in [-0.2, 0) is 10.0 Å². The third-order valence-electron chi connectivity index (χ3n) is 5.96. The van der Waals surface area contributed by atoms with Gasteiger partial charge >= 0.3 is 0 Å². The molecule has 0 aliphatic carbocycles. The molecule has 1 unspecified atom stereocenters. The Bertz CT molecular complexity index is 800. The molecule has 1 atom stereocenters. The number of hydrogen-bond acceptors (Lipinski definition) is 5. The summed E-state index contributed by atoms with van der Waals surface area (Å²) >= 11 is 0. The van der Waals surface area contributed by atoms with Crippen molar-refractivity contribution < 1.29 is 13.2 Å². The predicted molar refractivity (Wildman–Crippen MR) is 112 cm³/mol. The van der Waals surface area contributed by atoms with Crippen molar-refractivity contribution in [3.05, 3.63) is 29.3 Å². The summed E-state index contributed by atoms with van der Waals surface area (Å²) in [5.74, 6) is 0.365. The summed E-state index contributed by atoms with van der Waals surface area (Å²) in [4.78, 5) is 12.9. The zero-order chi connectivity index (χ0) is 20.3. The number of sulfonamides is 1. The zero-order valence-corrected chi connectivity index (χ0v) is 17.8. The summed E-state index contributed by atoms with van der Waals surface area (Å²) in [6.45, 7) is 8.60. The first-order chi connectivity index (χ1) is 13.3. The first kappa shape index (κ1) is 21.1. The van der Waals surface area contributed by atoms with Crippen molar-refractivity contribution in [3.8, 4) is 0 Å². The molecule has 2 saturated heterocycles. The van der Waals surface area contributed by atoms with Gasteiger partial charge in [-0.3, -0.25) is 4.79 Å². The van der Waals surface area contributed by atoms with Crippen LogP contribution in [0.4, 0.5) is 5.69 Å². The second-order valence-electron chi connectivity index (χ2n) is 7.93. The highest BCUT2D eigenvalue weighted by molar-refractivity contribution is 7.89. The molecule has 3 rings (SSSR count). The van der Waals surface area contributed by atoms with Crippen LogP contribution >= 0.6 is 0 Å². The molecule has 1 amide bonds. The number of hydrogen-bond donors (Lipinski definition) is 3. The first-order valence-electron chi connectivity index (χ1n) is 10.2. The minimum absolute atomic E-state index is 0.00540. The number of nitrogens with zero attached hydrogens (tertiary/aromatic N) is 1. The van der Waals surface area contributed by atoms with Gasteiger partial charge in [-0.2, -0.15) is 0 Å². The fourth-order valence-corrected chi connectivity index (χ4v) is 4.95.